The number of benzene rings is 3. The van der Waals surface area contributed by atoms with Crippen LogP contribution in [0.3, 0.4) is 0 Å². The number of rotatable bonds is 8. The first-order valence-corrected chi connectivity index (χ1v) is 12.4. The number of fused-ring (bicyclic) bond motifs is 1. The molecule has 0 saturated carbocycles. The first-order chi connectivity index (χ1) is 16.8. The van der Waals surface area contributed by atoms with E-state index in [1.807, 2.05) is 35.2 Å². The molecule has 0 aromatic heterocycles. The summed E-state index contributed by atoms with van der Waals surface area (Å²) in [6.07, 6.45) is 2.36. The van der Waals surface area contributed by atoms with E-state index in [0.29, 0.717) is 19.6 Å². The van der Waals surface area contributed by atoms with E-state index < -0.39 is 0 Å². The molecule has 2 aliphatic rings. The van der Waals surface area contributed by atoms with Crippen molar-refractivity contribution in [2.24, 2.45) is 0 Å². The van der Waals surface area contributed by atoms with Gasteiger partial charge < -0.3 is 14.5 Å². The first kappa shape index (κ1) is 22.5. The minimum Gasteiger partial charge on any atom is -0.493 e. The van der Waals surface area contributed by atoms with Crippen LogP contribution in [-0.4, -0.2) is 50.1 Å². The Bertz CT molecular complexity index is 1080. The largest absolute Gasteiger partial charge is 0.493 e. The van der Waals surface area contributed by atoms with Gasteiger partial charge in [0.05, 0.1) is 18.8 Å². The molecule has 3 aromatic rings. The Morgan fingerprint density at radius 2 is 1.53 bits per heavy atom. The van der Waals surface area contributed by atoms with Crippen LogP contribution < -0.4 is 14.5 Å². The normalized spacial score (nSPS) is 16.4. The van der Waals surface area contributed by atoms with Gasteiger partial charge in [0, 0.05) is 50.9 Å². The van der Waals surface area contributed by atoms with Gasteiger partial charge in [-0.15, -0.1) is 0 Å². The SMILES string of the molecule is O=C1CCc2ccc(OCCCN3CCN(c4ccccc4)CC3)cc2N1Cc1ccccc1. The third-order valence-electron chi connectivity index (χ3n) is 6.82. The summed E-state index contributed by atoms with van der Waals surface area (Å²) in [5.74, 6) is 1.03. The number of nitrogens with zero attached hydrogens (tertiary/aromatic N) is 3. The smallest absolute Gasteiger partial charge is 0.227 e. The molecule has 2 heterocycles. The molecule has 0 atom stereocenters. The van der Waals surface area contributed by atoms with Crippen LogP contribution in [0.1, 0.15) is 24.0 Å². The number of ether oxygens (including phenoxy) is 1. The molecule has 1 saturated heterocycles. The lowest BCUT2D eigenvalue weighted by atomic mass is 10.00. The van der Waals surface area contributed by atoms with Gasteiger partial charge in [0.1, 0.15) is 5.75 Å². The van der Waals surface area contributed by atoms with Crippen molar-refractivity contribution >= 4 is 17.3 Å². The fourth-order valence-corrected chi connectivity index (χ4v) is 4.89. The van der Waals surface area contributed by atoms with Crippen molar-refractivity contribution < 1.29 is 9.53 Å². The van der Waals surface area contributed by atoms with Crippen LogP contribution in [0.2, 0.25) is 0 Å². The van der Waals surface area contributed by atoms with E-state index in [4.69, 9.17) is 4.74 Å². The molecule has 5 heteroatoms. The molecule has 34 heavy (non-hydrogen) atoms. The third kappa shape index (κ3) is 5.42. The van der Waals surface area contributed by atoms with Gasteiger partial charge in [-0.2, -0.15) is 0 Å². The lowest BCUT2D eigenvalue weighted by Gasteiger charge is -2.36. The van der Waals surface area contributed by atoms with E-state index in [2.05, 4.69) is 58.3 Å². The topological polar surface area (TPSA) is 36.0 Å². The van der Waals surface area contributed by atoms with Gasteiger partial charge in [-0.25, -0.2) is 0 Å². The second-order valence-corrected chi connectivity index (χ2v) is 9.12. The van der Waals surface area contributed by atoms with E-state index in [9.17, 15) is 4.79 Å². The minimum atomic E-state index is 0.183. The molecule has 5 nitrogen and oxygen atoms in total. The molecule has 0 N–H and O–H groups in total. The number of carbonyl (C=O) groups excluding carboxylic acids is 1. The lowest BCUT2D eigenvalue weighted by molar-refractivity contribution is -0.119. The summed E-state index contributed by atoms with van der Waals surface area (Å²) >= 11 is 0. The van der Waals surface area contributed by atoms with Crippen LogP contribution in [0.4, 0.5) is 11.4 Å². The summed E-state index contributed by atoms with van der Waals surface area (Å²) < 4.78 is 6.11. The predicted octanol–water partition coefficient (Wildman–Crippen LogP) is 4.76. The zero-order valence-corrected chi connectivity index (χ0v) is 19.7. The summed E-state index contributed by atoms with van der Waals surface area (Å²) in [7, 11) is 0. The highest BCUT2D eigenvalue weighted by molar-refractivity contribution is 5.96. The molecule has 0 radical (unpaired) electrons. The highest BCUT2D eigenvalue weighted by Crippen LogP contribution is 2.32. The number of hydrogen-bond acceptors (Lipinski definition) is 4. The molecular formula is C29H33N3O2. The van der Waals surface area contributed by atoms with E-state index in [1.165, 1.54) is 11.3 Å². The maximum Gasteiger partial charge on any atom is 0.227 e. The Kier molecular flexibility index (Phi) is 7.10. The maximum atomic E-state index is 12.7. The van der Waals surface area contributed by atoms with Gasteiger partial charge in [0.2, 0.25) is 5.91 Å². The number of aryl methyl sites for hydroxylation is 1. The molecule has 3 aromatic carbocycles. The van der Waals surface area contributed by atoms with E-state index in [-0.39, 0.29) is 5.91 Å². The van der Waals surface area contributed by atoms with Crippen molar-refractivity contribution in [1.29, 1.82) is 0 Å². The first-order valence-electron chi connectivity index (χ1n) is 12.4. The van der Waals surface area contributed by atoms with E-state index >= 15 is 0 Å². The van der Waals surface area contributed by atoms with Crippen molar-refractivity contribution in [1.82, 2.24) is 4.90 Å². The van der Waals surface area contributed by atoms with Crippen LogP contribution in [0.5, 0.6) is 5.75 Å². The number of para-hydroxylation sites is 1. The van der Waals surface area contributed by atoms with Gasteiger partial charge in [-0.05, 0) is 42.2 Å². The molecule has 0 bridgehead atoms. The lowest BCUT2D eigenvalue weighted by Crippen LogP contribution is -2.46. The molecule has 176 valence electrons. The fourth-order valence-electron chi connectivity index (χ4n) is 4.89. The Balaban J connectivity index is 1.12. The zero-order valence-electron chi connectivity index (χ0n) is 19.7. The highest BCUT2D eigenvalue weighted by atomic mass is 16.5. The number of piperazine rings is 1. The standard InChI is InChI=1S/C29H33N3O2/c33-29-15-13-25-12-14-27(22-28(25)32(29)23-24-8-3-1-4-9-24)34-21-7-16-30-17-19-31(20-18-30)26-10-5-2-6-11-26/h1-6,8-12,14,22H,7,13,15-21,23H2. The average Bonchev–Trinajstić information content (AvgIpc) is 2.90. The van der Waals surface area contributed by atoms with Crippen LogP contribution in [0.25, 0.3) is 0 Å². The molecule has 1 amide bonds. The monoisotopic (exact) mass is 455 g/mol. The van der Waals surface area contributed by atoms with E-state index in [1.54, 1.807) is 0 Å². The maximum absolute atomic E-state index is 12.7. The zero-order chi connectivity index (χ0) is 23.2. The summed E-state index contributed by atoms with van der Waals surface area (Å²) in [4.78, 5) is 19.6. The van der Waals surface area contributed by atoms with Crippen LogP contribution in [0, 0.1) is 0 Å². The Labute approximate surface area is 202 Å². The summed E-state index contributed by atoms with van der Waals surface area (Å²) in [6.45, 7) is 6.65. The van der Waals surface area contributed by atoms with Crippen molar-refractivity contribution in [2.75, 3.05) is 49.1 Å². The van der Waals surface area contributed by atoms with Gasteiger partial charge in [0.15, 0.2) is 0 Å². The fraction of sp³-hybridized carbons (Fsp3) is 0.345. The summed E-state index contributed by atoms with van der Waals surface area (Å²) in [5, 5.41) is 0. The van der Waals surface area contributed by atoms with Crippen LogP contribution in [-0.2, 0) is 17.8 Å². The van der Waals surface area contributed by atoms with Crippen LogP contribution >= 0.6 is 0 Å². The Hall–Kier alpha value is -3.31. The quantitative estimate of drug-likeness (QED) is 0.459. The van der Waals surface area contributed by atoms with Crippen molar-refractivity contribution in [3.63, 3.8) is 0 Å². The average molecular weight is 456 g/mol. The second-order valence-electron chi connectivity index (χ2n) is 9.12. The molecular weight excluding hydrogens is 422 g/mol. The van der Waals surface area contributed by atoms with Gasteiger partial charge >= 0.3 is 0 Å². The molecule has 0 unspecified atom stereocenters. The molecule has 2 aliphatic heterocycles. The van der Waals surface area contributed by atoms with Gasteiger partial charge in [0.25, 0.3) is 0 Å². The van der Waals surface area contributed by atoms with Crippen LogP contribution in [0.15, 0.2) is 78.9 Å². The van der Waals surface area contributed by atoms with Crippen molar-refractivity contribution in [3.8, 4) is 5.75 Å². The second kappa shape index (κ2) is 10.7. The number of amides is 1. The molecule has 0 aliphatic carbocycles. The predicted molar refractivity (Wildman–Crippen MR) is 138 cm³/mol. The molecule has 0 spiro atoms. The molecule has 5 rings (SSSR count). The number of carbonyl (C=O) groups is 1. The minimum absolute atomic E-state index is 0.183. The van der Waals surface area contributed by atoms with Crippen molar-refractivity contribution in [2.45, 2.75) is 25.8 Å². The summed E-state index contributed by atoms with van der Waals surface area (Å²) in [5.41, 5.74) is 4.67. The van der Waals surface area contributed by atoms with Gasteiger partial charge in [-0.3, -0.25) is 9.69 Å². The highest BCUT2D eigenvalue weighted by Gasteiger charge is 2.25. The van der Waals surface area contributed by atoms with E-state index in [0.717, 1.165) is 62.6 Å². The molecule has 1 fully saturated rings. The number of hydrogen-bond donors (Lipinski definition) is 0. The third-order valence-corrected chi connectivity index (χ3v) is 6.82. The summed E-state index contributed by atoms with van der Waals surface area (Å²) in [6, 6.07) is 27.1. The Morgan fingerprint density at radius 3 is 2.29 bits per heavy atom. The van der Waals surface area contributed by atoms with Gasteiger partial charge in [-0.1, -0.05) is 54.6 Å². The number of anilines is 2. The van der Waals surface area contributed by atoms with Crippen molar-refractivity contribution in [3.05, 3.63) is 90.0 Å². The Morgan fingerprint density at radius 1 is 0.794 bits per heavy atom.